The highest BCUT2D eigenvalue weighted by atomic mass is 19.4. The predicted molar refractivity (Wildman–Crippen MR) is 146 cm³/mol. The van der Waals surface area contributed by atoms with Crippen molar-refractivity contribution in [3.63, 3.8) is 0 Å². The summed E-state index contributed by atoms with van der Waals surface area (Å²) in [6, 6.07) is 7.16. The van der Waals surface area contributed by atoms with Crippen molar-refractivity contribution in [3.05, 3.63) is 54.6 Å². The summed E-state index contributed by atoms with van der Waals surface area (Å²) in [5, 5.41) is 9.90. The van der Waals surface area contributed by atoms with E-state index in [1.807, 2.05) is 6.07 Å². The number of likely N-dealkylation sites (N-methyl/N-ethyl adjacent to an activating group) is 1. The predicted octanol–water partition coefficient (Wildman–Crippen LogP) is 4.61. The Balaban J connectivity index is 1.54. The summed E-state index contributed by atoms with van der Waals surface area (Å²) >= 11 is 0. The van der Waals surface area contributed by atoms with E-state index in [2.05, 4.69) is 14.8 Å². The second kappa shape index (κ2) is 10.7. The molecule has 1 aromatic carbocycles. The highest BCUT2D eigenvalue weighted by Gasteiger charge is 2.38. The Hall–Kier alpha value is -4.62. The van der Waals surface area contributed by atoms with Crippen LogP contribution in [0, 0.1) is 0 Å². The molecule has 5 rings (SSSR count). The SMILES string of the molecule is CN(C)C(=O)Cn1cc(-c2ccnc3c2c(C2CN(C(=O)OC(C)(C)C)C2)nn3-c2ccc(OC(F)(F)F)cc2)cn1. The van der Waals surface area contributed by atoms with Crippen LogP contribution in [-0.2, 0) is 16.1 Å². The number of halogens is 3. The van der Waals surface area contributed by atoms with Crippen molar-refractivity contribution in [3.8, 4) is 22.6 Å². The lowest BCUT2D eigenvalue weighted by atomic mass is 9.92. The molecule has 1 saturated heterocycles. The molecule has 4 aromatic rings. The summed E-state index contributed by atoms with van der Waals surface area (Å²) < 4.78 is 50.7. The van der Waals surface area contributed by atoms with E-state index in [1.54, 1.807) is 67.7 Å². The van der Waals surface area contributed by atoms with Crippen LogP contribution in [0.3, 0.4) is 0 Å². The lowest BCUT2D eigenvalue weighted by Gasteiger charge is -2.39. The molecule has 42 heavy (non-hydrogen) atoms. The van der Waals surface area contributed by atoms with Gasteiger partial charge in [-0.3, -0.25) is 9.48 Å². The van der Waals surface area contributed by atoms with Crippen LogP contribution in [0.25, 0.3) is 27.8 Å². The summed E-state index contributed by atoms with van der Waals surface area (Å²) in [5.41, 5.74) is 2.47. The van der Waals surface area contributed by atoms with Gasteiger partial charge in [-0.1, -0.05) is 0 Å². The van der Waals surface area contributed by atoms with Crippen molar-refractivity contribution in [2.45, 2.75) is 45.2 Å². The molecule has 11 nitrogen and oxygen atoms in total. The summed E-state index contributed by atoms with van der Waals surface area (Å²) in [7, 11) is 3.33. The van der Waals surface area contributed by atoms with Crippen LogP contribution in [0.15, 0.2) is 48.9 Å². The zero-order chi connectivity index (χ0) is 30.4. The number of hydrogen-bond donors (Lipinski definition) is 0. The number of carbonyl (C=O) groups is 2. The molecule has 0 radical (unpaired) electrons. The van der Waals surface area contributed by atoms with Gasteiger partial charge in [-0.05, 0) is 56.7 Å². The molecule has 0 unspecified atom stereocenters. The fourth-order valence-electron chi connectivity index (χ4n) is 4.56. The number of alkyl halides is 3. The van der Waals surface area contributed by atoms with Gasteiger partial charge in [-0.15, -0.1) is 13.2 Å². The van der Waals surface area contributed by atoms with E-state index in [-0.39, 0.29) is 24.1 Å². The third-order valence-electron chi connectivity index (χ3n) is 6.57. The maximum Gasteiger partial charge on any atom is 0.573 e. The number of nitrogens with zero attached hydrogens (tertiary/aromatic N) is 7. The number of pyridine rings is 1. The van der Waals surface area contributed by atoms with Gasteiger partial charge in [0, 0.05) is 51.1 Å². The fraction of sp³-hybridized carbons (Fsp3) is 0.393. The molecular formula is C28H30F3N7O4. The van der Waals surface area contributed by atoms with Crippen molar-refractivity contribution in [2.75, 3.05) is 27.2 Å². The van der Waals surface area contributed by atoms with Gasteiger partial charge in [0.05, 0.1) is 23.0 Å². The molecule has 0 N–H and O–H groups in total. The monoisotopic (exact) mass is 585 g/mol. The minimum atomic E-state index is -4.81. The Morgan fingerprint density at radius 3 is 2.38 bits per heavy atom. The number of aromatic nitrogens is 5. The van der Waals surface area contributed by atoms with E-state index < -0.39 is 18.1 Å². The Labute approximate surface area is 239 Å². The van der Waals surface area contributed by atoms with Crippen molar-refractivity contribution >= 4 is 23.0 Å². The topological polar surface area (TPSA) is 108 Å². The number of rotatable bonds is 6. The van der Waals surface area contributed by atoms with E-state index in [0.717, 1.165) is 11.1 Å². The molecule has 0 atom stereocenters. The molecule has 3 aromatic heterocycles. The zero-order valence-corrected chi connectivity index (χ0v) is 23.7. The van der Waals surface area contributed by atoms with Gasteiger partial charge < -0.3 is 19.3 Å². The molecular weight excluding hydrogens is 555 g/mol. The van der Waals surface area contributed by atoms with Crippen LogP contribution in [0.5, 0.6) is 5.75 Å². The van der Waals surface area contributed by atoms with Gasteiger partial charge in [0.25, 0.3) is 0 Å². The summed E-state index contributed by atoms with van der Waals surface area (Å²) in [6.07, 6.45) is -0.218. The van der Waals surface area contributed by atoms with E-state index in [0.29, 0.717) is 35.5 Å². The Morgan fingerprint density at radius 1 is 1.07 bits per heavy atom. The minimum Gasteiger partial charge on any atom is -0.444 e. The molecule has 14 heteroatoms. The maximum absolute atomic E-state index is 12.7. The standard InChI is InChI=1S/C28H30F3N7O4/c1-27(2,3)42-26(40)36-13-18(14-36)24-23-21(17-12-33-37(15-17)16-22(39)35(4)5)10-11-32-25(23)38(34-24)19-6-8-20(9-7-19)41-28(29,30)31/h6-12,15,18H,13-14,16H2,1-5H3. The van der Waals surface area contributed by atoms with Crippen LogP contribution in [0.1, 0.15) is 32.4 Å². The average molecular weight is 586 g/mol. The minimum absolute atomic E-state index is 0.0627. The first-order chi connectivity index (χ1) is 19.7. The second-order valence-corrected chi connectivity index (χ2v) is 11.2. The molecule has 4 heterocycles. The molecule has 1 aliphatic rings. The number of hydrogen-bond acceptors (Lipinski definition) is 7. The van der Waals surface area contributed by atoms with Gasteiger partial charge in [0.1, 0.15) is 17.9 Å². The summed E-state index contributed by atoms with van der Waals surface area (Å²) in [5.74, 6) is -0.627. The molecule has 0 spiro atoms. The average Bonchev–Trinajstić information content (AvgIpc) is 3.47. The van der Waals surface area contributed by atoms with E-state index >= 15 is 0 Å². The second-order valence-electron chi connectivity index (χ2n) is 11.2. The highest BCUT2D eigenvalue weighted by Crippen LogP contribution is 2.38. The smallest absolute Gasteiger partial charge is 0.444 e. The first-order valence-electron chi connectivity index (χ1n) is 13.1. The molecule has 222 valence electrons. The van der Waals surface area contributed by atoms with Gasteiger partial charge in [0.15, 0.2) is 5.65 Å². The normalized spacial score (nSPS) is 14.1. The number of carbonyl (C=O) groups excluding carboxylic acids is 2. The van der Waals surface area contributed by atoms with Crippen molar-refractivity contribution in [2.24, 2.45) is 0 Å². The van der Waals surface area contributed by atoms with Crippen molar-refractivity contribution in [1.29, 1.82) is 0 Å². The Kier molecular flexibility index (Phi) is 7.33. The molecule has 1 fully saturated rings. The highest BCUT2D eigenvalue weighted by molar-refractivity contribution is 5.96. The number of amides is 2. The first-order valence-corrected chi connectivity index (χ1v) is 13.1. The maximum atomic E-state index is 12.7. The van der Waals surface area contributed by atoms with Crippen LogP contribution in [0.4, 0.5) is 18.0 Å². The Bertz CT molecular complexity index is 1620. The Morgan fingerprint density at radius 2 is 1.76 bits per heavy atom. The van der Waals surface area contributed by atoms with Gasteiger partial charge in [-0.25, -0.2) is 14.5 Å². The molecule has 2 amide bonds. The zero-order valence-electron chi connectivity index (χ0n) is 23.7. The molecule has 0 aliphatic carbocycles. The van der Waals surface area contributed by atoms with E-state index in [4.69, 9.17) is 9.84 Å². The number of ether oxygens (including phenoxy) is 2. The van der Waals surface area contributed by atoms with Crippen LogP contribution in [-0.4, -0.2) is 85.5 Å². The van der Waals surface area contributed by atoms with Crippen molar-refractivity contribution in [1.82, 2.24) is 34.3 Å². The third kappa shape index (κ3) is 6.16. The fourth-order valence-corrected chi connectivity index (χ4v) is 4.56. The van der Waals surface area contributed by atoms with Crippen LogP contribution >= 0.6 is 0 Å². The summed E-state index contributed by atoms with van der Waals surface area (Å²) in [6.45, 7) is 6.19. The number of likely N-dealkylation sites (tertiary alicyclic amines) is 1. The van der Waals surface area contributed by atoms with Gasteiger partial charge >= 0.3 is 12.5 Å². The van der Waals surface area contributed by atoms with E-state index in [9.17, 15) is 22.8 Å². The molecule has 1 aliphatic heterocycles. The number of fused-ring (bicyclic) bond motifs is 1. The van der Waals surface area contributed by atoms with Crippen LogP contribution < -0.4 is 4.74 Å². The largest absolute Gasteiger partial charge is 0.573 e. The molecule has 0 saturated carbocycles. The lowest BCUT2D eigenvalue weighted by Crippen LogP contribution is -2.50. The first kappa shape index (κ1) is 28.9. The molecule has 0 bridgehead atoms. The number of benzene rings is 1. The lowest BCUT2D eigenvalue weighted by molar-refractivity contribution is -0.274. The quantitative estimate of drug-likeness (QED) is 0.325. The summed E-state index contributed by atoms with van der Waals surface area (Å²) in [4.78, 5) is 32.5. The third-order valence-corrected chi connectivity index (χ3v) is 6.57. The van der Waals surface area contributed by atoms with E-state index in [1.165, 1.54) is 29.2 Å². The van der Waals surface area contributed by atoms with Crippen molar-refractivity contribution < 1.29 is 32.2 Å². The van der Waals surface area contributed by atoms with Gasteiger partial charge in [0.2, 0.25) is 5.91 Å². The van der Waals surface area contributed by atoms with Crippen LogP contribution in [0.2, 0.25) is 0 Å². The van der Waals surface area contributed by atoms with Gasteiger partial charge in [-0.2, -0.15) is 10.2 Å².